The number of anilines is 1. The second-order valence-corrected chi connectivity index (χ2v) is 10.1. The second-order valence-electron chi connectivity index (χ2n) is 9.26. The first-order chi connectivity index (χ1) is 16.3. The zero-order valence-corrected chi connectivity index (χ0v) is 20.7. The lowest BCUT2D eigenvalue weighted by Crippen LogP contribution is -2.27. The topological polar surface area (TPSA) is 73.2 Å². The van der Waals surface area contributed by atoms with E-state index in [1.165, 1.54) is 27.8 Å². The largest absolute Gasteiger partial charge is 0.494 e. The number of hydrogen-bond acceptors (Lipinski definition) is 5. The van der Waals surface area contributed by atoms with Crippen LogP contribution in [0.4, 0.5) is 5.69 Å². The minimum Gasteiger partial charge on any atom is -0.494 e. The highest BCUT2D eigenvalue weighted by Gasteiger charge is 2.16. The molecule has 0 fully saturated rings. The first kappa shape index (κ1) is 23.7. The minimum absolute atomic E-state index is 0.0397. The van der Waals surface area contributed by atoms with Gasteiger partial charge in [0.2, 0.25) is 5.91 Å². The highest BCUT2D eigenvalue weighted by atomic mass is 32.1. The SMILES string of the molecule is CCCOc1ccc(-c2csc3ncn(CC(=O)Nc4ccc(C(C)(C)C)cc4)c(=O)c23)cc1. The van der Waals surface area contributed by atoms with Gasteiger partial charge in [-0.25, -0.2) is 4.98 Å². The predicted molar refractivity (Wildman–Crippen MR) is 139 cm³/mol. The van der Waals surface area contributed by atoms with Crippen LogP contribution in [0.3, 0.4) is 0 Å². The Labute approximate surface area is 203 Å². The third-order valence-electron chi connectivity index (χ3n) is 5.55. The summed E-state index contributed by atoms with van der Waals surface area (Å²) in [6.07, 6.45) is 2.38. The predicted octanol–water partition coefficient (Wildman–Crippen LogP) is 5.85. The number of carbonyl (C=O) groups is 1. The van der Waals surface area contributed by atoms with E-state index < -0.39 is 0 Å². The molecule has 1 amide bonds. The fraction of sp³-hybridized carbons (Fsp3) is 0.296. The number of nitrogens with zero attached hydrogens (tertiary/aromatic N) is 2. The van der Waals surface area contributed by atoms with Crippen LogP contribution < -0.4 is 15.6 Å². The average molecular weight is 476 g/mol. The number of rotatable bonds is 7. The van der Waals surface area contributed by atoms with Gasteiger partial charge >= 0.3 is 0 Å². The van der Waals surface area contributed by atoms with Crippen LogP contribution in [-0.4, -0.2) is 22.1 Å². The summed E-state index contributed by atoms with van der Waals surface area (Å²) in [5, 5.41) is 5.33. The molecule has 0 aliphatic heterocycles. The number of aromatic nitrogens is 2. The number of benzene rings is 2. The van der Waals surface area contributed by atoms with E-state index in [0.717, 1.165) is 23.3 Å². The van der Waals surface area contributed by atoms with E-state index in [1.807, 2.05) is 53.9 Å². The van der Waals surface area contributed by atoms with E-state index in [0.29, 0.717) is 22.5 Å². The summed E-state index contributed by atoms with van der Waals surface area (Å²) >= 11 is 1.42. The smallest absolute Gasteiger partial charge is 0.263 e. The summed E-state index contributed by atoms with van der Waals surface area (Å²) in [6, 6.07) is 15.5. The maximum Gasteiger partial charge on any atom is 0.263 e. The Morgan fingerprint density at radius 3 is 2.44 bits per heavy atom. The molecule has 0 bridgehead atoms. The van der Waals surface area contributed by atoms with Crippen molar-refractivity contribution in [3.63, 3.8) is 0 Å². The number of fused-ring (bicyclic) bond motifs is 1. The van der Waals surface area contributed by atoms with E-state index in [9.17, 15) is 9.59 Å². The van der Waals surface area contributed by atoms with Crippen LogP contribution in [0.15, 0.2) is 65.0 Å². The Kier molecular flexibility index (Phi) is 6.84. The summed E-state index contributed by atoms with van der Waals surface area (Å²) in [5.41, 5.74) is 3.42. The third kappa shape index (κ3) is 5.20. The van der Waals surface area contributed by atoms with Crippen molar-refractivity contribution in [1.29, 1.82) is 0 Å². The second kappa shape index (κ2) is 9.81. The number of amides is 1. The molecule has 0 unspecified atom stereocenters. The number of thiophene rings is 1. The molecule has 4 rings (SSSR count). The van der Waals surface area contributed by atoms with Gasteiger partial charge in [-0.3, -0.25) is 14.2 Å². The zero-order valence-electron chi connectivity index (χ0n) is 19.9. The number of ether oxygens (including phenoxy) is 1. The molecule has 34 heavy (non-hydrogen) atoms. The molecular weight excluding hydrogens is 446 g/mol. The van der Waals surface area contributed by atoms with E-state index in [1.54, 1.807) is 0 Å². The fourth-order valence-electron chi connectivity index (χ4n) is 3.65. The molecule has 0 atom stereocenters. The summed E-state index contributed by atoms with van der Waals surface area (Å²) in [7, 11) is 0. The highest BCUT2D eigenvalue weighted by molar-refractivity contribution is 7.17. The molecule has 2 heterocycles. The van der Waals surface area contributed by atoms with Crippen LogP contribution in [-0.2, 0) is 16.8 Å². The number of carbonyl (C=O) groups excluding carboxylic acids is 1. The van der Waals surface area contributed by atoms with Crippen molar-refractivity contribution in [2.75, 3.05) is 11.9 Å². The van der Waals surface area contributed by atoms with E-state index in [2.05, 4.69) is 38.0 Å². The molecule has 6 nitrogen and oxygen atoms in total. The molecule has 2 aromatic carbocycles. The normalized spacial score (nSPS) is 11.5. The third-order valence-corrected chi connectivity index (χ3v) is 6.43. The van der Waals surface area contributed by atoms with Crippen molar-refractivity contribution in [3.05, 3.63) is 76.2 Å². The molecule has 0 aliphatic carbocycles. The first-order valence-corrected chi connectivity index (χ1v) is 12.2. The van der Waals surface area contributed by atoms with Crippen molar-refractivity contribution in [2.24, 2.45) is 0 Å². The lowest BCUT2D eigenvalue weighted by Gasteiger charge is -2.19. The molecule has 176 valence electrons. The summed E-state index contributed by atoms with van der Waals surface area (Å²) < 4.78 is 7.01. The van der Waals surface area contributed by atoms with Crippen LogP contribution in [0.1, 0.15) is 39.7 Å². The Bertz CT molecular complexity index is 1350. The van der Waals surface area contributed by atoms with Crippen molar-refractivity contribution < 1.29 is 9.53 Å². The first-order valence-electron chi connectivity index (χ1n) is 11.4. The quantitative estimate of drug-likeness (QED) is 0.364. The molecule has 7 heteroatoms. The molecule has 0 saturated heterocycles. The van der Waals surface area contributed by atoms with Gasteiger partial charge in [-0.15, -0.1) is 11.3 Å². The molecule has 4 aromatic rings. The van der Waals surface area contributed by atoms with Gasteiger partial charge in [0, 0.05) is 16.6 Å². The van der Waals surface area contributed by atoms with Crippen LogP contribution in [0.25, 0.3) is 21.3 Å². The Morgan fingerprint density at radius 2 is 1.79 bits per heavy atom. The fourth-order valence-corrected chi connectivity index (χ4v) is 4.56. The van der Waals surface area contributed by atoms with Crippen molar-refractivity contribution >= 4 is 33.1 Å². The summed E-state index contributed by atoms with van der Waals surface area (Å²) in [5.74, 6) is 0.522. The van der Waals surface area contributed by atoms with E-state index in [-0.39, 0.29) is 23.4 Å². The monoisotopic (exact) mass is 475 g/mol. The van der Waals surface area contributed by atoms with Crippen molar-refractivity contribution in [3.8, 4) is 16.9 Å². The maximum atomic E-state index is 13.3. The molecule has 2 aromatic heterocycles. The van der Waals surface area contributed by atoms with Gasteiger partial charge in [-0.2, -0.15) is 0 Å². The van der Waals surface area contributed by atoms with Gasteiger partial charge in [0.15, 0.2) is 0 Å². The van der Waals surface area contributed by atoms with Gasteiger partial charge in [0.05, 0.1) is 18.3 Å². The van der Waals surface area contributed by atoms with Crippen LogP contribution in [0.5, 0.6) is 5.75 Å². The van der Waals surface area contributed by atoms with Gasteiger partial charge < -0.3 is 10.1 Å². The van der Waals surface area contributed by atoms with Gasteiger partial charge in [0.1, 0.15) is 17.1 Å². The van der Waals surface area contributed by atoms with Gasteiger partial charge in [-0.1, -0.05) is 52.0 Å². The van der Waals surface area contributed by atoms with Crippen LogP contribution >= 0.6 is 11.3 Å². The minimum atomic E-state index is -0.277. The summed E-state index contributed by atoms with van der Waals surface area (Å²) in [6.45, 7) is 9.04. The number of nitrogens with one attached hydrogen (secondary N) is 1. The van der Waals surface area contributed by atoms with E-state index in [4.69, 9.17) is 4.74 Å². The molecular formula is C27H29N3O3S. The summed E-state index contributed by atoms with van der Waals surface area (Å²) in [4.78, 5) is 31.0. The molecule has 0 aliphatic rings. The van der Waals surface area contributed by atoms with Crippen LogP contribution in [0, 0.1) is 0 Å². The van der Waals surface area contributed by atoms with Crippen molar-refractivity contribution in [1.82, 2.24) is 9.55 Å². The lowest BCUT2D eigenvalue weighted by atomic mass is 9.87. The van der Waals surface area contributed by atoms with Crippen molar-refractivity contribution in [2.45, 2.75) is 46.1 Å². The Hall–Kier alpha value is -3.45. The standard InChI is InChI=1S/C27H29N3O3S/c1-5-14-33-21-12-6-18(7-13-21)22-16-34-25-24(22)26(32)30(17-28-25)15-23(31)29-20-10-8-19(9-11-20)27(2,3)4/h6-13,16-17H,5,14-15H2,1-4H3,(H,29,31). The van der Waals surface area contributed by atoms with E-state index >= 15 is 0 Å². The van der Waals surface area contributed by atoms with Gasteiger partial charge in [0.25, 0.3) is 5.56 Å². The number of hydrogen-bond donors (Lipinski definition) is 1. The molecule has 0 spiro atoms. The average Bonchev–Trinajstić information content (AvgIpc) is 3.24. The molecule has 0 radical (unpaired) electrons. The highest BCUT2D eigenvalue weighted by Crippen LogP contribution is 2.31. The zero-order chi connectivity index (χ0) is 24.3. The Balaban J connectivity index is 1.54. The Morgan fingerprint density at radius 1 is 1.09 bits per heavy atom. The molecule has 1 N–H and O–H groups in total. The maximum absolute atomic E-state index is 13.3. The van der Waals surface area contributed by atoms with Gasteiger partial charge in [-0.05, 0) is 47.2 Å². The van der Waals surface area contributed by atoms with Crippen LogP contribution in [0.2, 0.25) is 0 Å². The molecule has 0 saturated carbocycles. The lowest BCUT2D eigenvalue weighted by molar-refractivity contribution is -0.116.